The van der Waals surface area contributed by atoms with Gasteiger partial charge in [0, 0.05) is 60.5 Å². The molecule has 0 saturated carbocycles. The normalized spacial score (nSPS) is 13.9. The van der Waals surface area contributed by atoms with Crippen molar-refractivity contribution in [3.05, 3.63) is 88.8 Å². The maximum atomic E-state index is 11.7. The minimum Gasteiger partial charge on any atom is -0.512 e. The standard InChI is InChI=1S/C29H26NO.C13H24O2.Ir/c1-16-7-9-18-17(15-16)8-10-19-25(18)29(5,6)20-11-12-21(28(2,3)4)27-23(20)24-22(31-27)13-14-30-26(19)24;1-5-10(6-2)12(14)9-13(15)11(7-3)8-4;/h7-9,11-15H,1-6H3;9-11,14H,5-8H2,1-4H3;/q-1;;/b;12-9-;. The molecule has 3 aromatic carbocycles. The largest absolute Gasteiger partial charge is 0.512 e. The number of benzene rings is 3. The molecule has 1 radical (unpaired) electrons. The molecule has 5 heteroatoms. The molecular weight excluding hydrogens is 759 g/mol. The average molecular weight is 809 g/mol. The number of carbonyl (C=O) groups excluding carboxylic acids is 1. The fourth-order valence-corrected chi connectivity index (χ4v) is 7.25. The van der Waals surface area contributed by atoms with Crippen molar-refractivity contribution >= 4 is 38.5 Å². The van der Waals surface area contributed by atoms with Gasteiger partial charge >= 0.3 is 0 Å². The summed E-state index contributed by atoms with van der Waals surface area (Å²) in [6.45, 7) is 21.6. The Morgan fingerprint density at radius 3 is 2.26 bits per heavy atom. The average Bonchev–Trinajstić information content (AvgIpc) is 3.37. The maximum absolute atomic E-state index is 11.7. The number of aryl methyl sites for hydroxylation is 1. The molecule has 0 saturated heterocycles. The van der Waals surface area contributed by atoms with Crippen molar-refractivity contribution in [1.29, 1.82) is 0 Å². The van der Waals surface area contributed by atoms with Crippen LogP contribution in [0.1, 0.15) is 110 Å². The molecule has 0 fully saturated rings. The van der Waals surface area contributed by atoms with Gasteiger partial charge in [-0.3, -0.25) is 4.79 Å². The van der Waals surface area contributed by atoms with Crippen molar-refractivity contribution in [2.75, 3.05) is 0 Å². The Hall–Kier alpha value is -3.27. The van der Waals surface area contributed by atoms with E-state index >= 15 is 0 Å². The predicted octanol–water partition coefficient (Wildman–Crippen LogP) is 11.7. The number of carbonyl (C=O) groups is 1. The van der Waals surface area contributed by atoms with E-state index in [2.05, 4.69) is 84.0 Å². The predicted molar refractivity (Wildman–Crippen MR) is 193 cm³/mol. The first-order valence-electron chi connectivity index (χ1n) is 17.0. The van der Waals surface area contributed by atoms with Crippen molar-refractivity contribution in [1.82, 2.24) is 4.98 Å². The van der Waals surface area contributed by atoms with Gasteiger partial charge in [0.2, 0.25) is 0 Å². The van der Waals surface area contributed by atoms with E-state index in [1.54, 1.807) is 0 Å². The number of aromatic nitrogens is 1. The van der Waals surface area contributed by atoms with Gasteiger partial charge < -0.3 is 14.5 Å². The fraction of sp³-hybridized carbons (Fsp3) is 0.429. The molecule has 1 N–H and O–H groups in total. The molecule has 0 aliphatic heterocycles. The van der Waals surface area contributed by atoms with Crippen molar-refractivity contribution in [3.8, 4) is 11.3 Å². The van der Waals surface area contributed by atoms with Crippen molar-refractivity contribution in [2.24, 2.45) is 11.8 Å². The van der Waals surface area contributed by atoms with E-state index < -0.39 is 0 Å². The van der Waals surface area contributed by atoms with E-state index in [0.29, 0.717) is 0 Å². The number of hydrogen-bond donors (Lipinski definition) is 1. The fourth-order valence-electron chi connectivity index (χ4n) is 7.25. The molecule has 0 unspecified atom stereocenters. The second kappa shape index (κ2) is 14.1. The van der Waals surface area contributed by atoms with Crippen LogP contribution < -0.4 is 0 Å². The number of aliphatic hydroxyl groups excluding tert-OH is 1. The van der Waals surface area contributed by atoms with E-state index in [9.17, 15) is 9.90 Å². The van der Waals surface area contributed by atoms with Gasteiger partial charge in [0.15, 0.2) is 5.78 Å². The first-order chi connectivity index (χ1) is 21.8. The Morgan fingerprint density at radius 2 is 1.64 bits per heavy atom. The SMILES string of the molecule is CCC(CC)C(=O)/C=C(\O)C(CC)CC.Cc1ccc2c3c([c-]cc2c1)-c1nccc2oc4c(C(C)(C)C)ccc(c4c12)C3(C)C.[Ir]. The van der Waals surface area contributed by atoms with Gasteiger partial charge in [-0.25, -0.2) is 0 Å². The number of furan rings is 1. The molecule has 0 atom stereocenters. The molecule has 2 aromatic heterocycles. The summed E-state index contributed by atoms with van der Waals surface area (Å²) in [5, 5.41) is 14.6. The van der Waals surface area contributed by atoms with Crippen LogP contribution in [-0.4, -0.2) is 15.9 Å². The summed E-state index contributed by atoms with van der Waals surface area (Å²) < 4.78 is 6.52. The second-order valence-electron chi connectivity index (χ2n) is 14.5. The van der Waals surface area contributed by atoms with Gasteiger partial charge in [-0.05, 0) is 60.8 Å². The van der Waals surface area contributed by atoms with Crippen LogP contribution in [0.4, 0.5) is 0 Å². The molecule has 1 aliphatic carbocycles. The molecule has 47 heavy (non-hydrogen) atoms. The molecule has 0 spiro atoms. The molecule has 0 bridgehead atoms. The van der Waals surface area contributed by atoms with Crippen LogP contribution in [0.5, 0.6) is 0 Å². The first kappa shape index (κ1) is 36.6. The molecule has 5 aromatic rings. The van der Waals surface area contributed by atoms with Gasteiger partial charge in [-0.1, -0.05) is 109 Å². The summed E-state index contributed by atoms with van der Waals surface area (Å²) in [7, 11) is 0. The Kier molecular flexibility index (Phi) is 10.9. The molecular formula is C42H50IrNO3-. The van der Waals surface area contributed by atoms with Crippen LogP contribution in [0.3, 0.4) is 0 Å². The Bertz CT molecular complexity index is 1950. The van der Waals surface area contributed by atoms with E-state index in [1.165, 1.54) is 44.5 Å². The minimum atomic E-state index is -0.229. The van der Waals surface area contributed by atoms with Crippen molar-refractivity contribution < 1.29 is 34.4 Å². The monoisotopic (exact) mass is 809 g/mol. The van der Waals surface area contributed by atoms with Crippen LogP contribution in [-0.2, 0) is 35.7 Å². The third-order valence-electron chi connectivity index (χ3n) is 10.1. The third-order valence-corrected chi connectivity index (χ3v) is 10.1. The van der Waals surface area contributed by atoms with E-state index in [4.69, 9.17) is 9.40 Å². The number of rotatable bonds is 7. The number of allylic oxidation sites excluding steroid dienone is 2. The molecule has 4 nitrogen and oxygen atoms in total. The van der Waals surface area contributed by atoms with Crippen molar-refractivity contribution in [3.63, 3.8) is 0 Å². The number of hydrogen-bond acceptors (Lipinski definition) is 4. The van der Waals surface area contributed by atoms with Crippen LogP contribution in [0, 0.1) is 24.8 Å². The molecule has 0 amide bonds. The van der Waals surface area contributed by atoms with E-state index in [0.717, 1.165) is 53.5 Å². The summed E-state index contributed by atoms with van der Waals surface area (Å²) in [5.41, 5.74) is 8.81. The summed E-state index contributed by atoms with van der Waals surface area (Å²) >= 11 is 0. The van der Waals surface area contributed by atoms with Gasteiger partial charge in [0.25, 0.3) is 0 Å². The summed E-state index contributed by atoms with van der Waals surface area (Å²) in [4.78, 5) is 16.6. The zero-order chi connectivity index (χ0) is 33.6. The number of ketones is 1. The molecule has 2 heterocycles. The van der Waals surface area contributed by atoms with Crippen molar-refractivity contribution in [2.45, 2.75) is 106 Å². The molecule has 6 rings (SSSR count). The third kappa shape index (κ3) is 6.59. The second-order valence-corrected chi connectivity index (χ2v) is 14.5. The molecule has 251 valence electrons. The summed E-state index contributed by atoms with van der Waals surface area (Å²) in [5.74, 6) is 0.547. The van der Waals surface area contributed by atoms with Crippen LogP contribution in [0.15, 0.2) is 64.9 Å². The Balaban J connectivity index is 0.000000269. The first-order valence-corrected chi connectivity index (χ1v) is 17.0. The van der Waals surface area contributed by atoms with Gasteiger partial charge in [-0.2, -0.15) is 0 Å². The van der Waals surface area contributed by atoms with Crippen LogP contribution >= 0.6 is 0 Å². The quantitative estimate of drug-likeness (QED) is 0.101. The van der Waals surface area contributed by atoms with Gasteiger partial charge in [0.05, 0.1) is 5.76 Å². The topological polar surface area (TPSA) is 63.3 Å². The number of aliphatic hydroxyl groups is 1. The molecule has 1 aliphatic rings. The number of pyridine rings is 1. The summed E-state index contributed by atoms with van der Waals surface area (Å²) in [6, 6.07) is 19.0. The number of fused-ring (bicyclic) bond motifs is 4. The van der Waals surface area contributed by atoms with Gasteiger partial charge in [-0.15, -0.1) is 23.3 Å². The van der Waals surface area contributed by atoms with E-state index in [-0.39, 0.29) is 54.3 Å². The van der Waals surface area contributed by atoms with Gasteiger partial charge in [0.1, 0.15) is 11.2 Å². The summed E-state index contributed by atoms with van der Waals surface area (Å²) in [6.07, 6.45) is 6.77. The Morgan fingerprint density at radius 1 is 0.979 bits per heavy atom. The smallest absolute Gasteiger partial charge is 0.162 e. The zero-order valence-corrected chi connectivity index (χ0v) is 32.1. The Labute approximate surface area is 294 Å². The van der Waals surface area contributed by atoms with E-state index in [1.807, 2.05) is 40.0 Å². The zero-order valence-electron chi connectivity index (χ0n) is 29.7. The number of nitrogens with zero attached hydrogens (tertiary/aromatic N) is 1. The van der Waals surface area contributed by atoms with Crippen LogP contribution in [0.2, 0.25) is 0 Å². The maximum Gasteiger partial charge on any atom is 0.162 e. The van der Waals surface area contributed by atoms with Crippen LogP contribution in [0.25, 0.3) is 44.0 Å². The minimum absolute atomic E-state index is 0.